The van der Waals surface area contributed by atoms with E-state index in [1.54, 1.807) is 19.9 Å². The summed E-state index contributed by atoms with van der Waals surface area (Å²) in [4.78, 5) is 62.7. The standard InChI is InChI=1S/C30H41N3O10/c1-15-9-8-10-22(39-5)27(43-30(32)38)17(3)11-16(2)26(41-7)23(40-6)12-18(4)25(42-29(31)37)20-13-19(34)14-21(24(20)35)33-28(15)36/h8-11,13-14,16,18,22-23,25-27H,12H2,1-7H3,(H2,31,37)(H2,32,38)(H,33,36)/b10-8-,15-9+,17-11+/t16-,18-,22-,23-,25+,26+,27-/m0/s1. The third-order valence-corrected chi connectivity index (χ3v) is 7.26. The van der Waals surface area contributed by atoms with Gasteiger partial charge in [-0.25, -0.2) is 9.59 Å². The molecule has 2 aliphatic rings. The predicted octanol–water partition coefficient (Wildman–Crippen LogP) is 2.16. The lowest BCUT2D eigenvalue weighted by Crippen LogP contribution is -2.42. The van der Waals surface area contributed by atoms with Crippen molar-refractivity contribution in [2.45, 2.75) is 64.6 Å². The van der Waals surface area contributed by atoms with Crippen LogP contribution in [0.1, 0.15) is 34.1 Å². The third kappa shape index (κ3) is 9.46. The fourth-order valence-electron chi connectivity index (χ4n) is 5.16. The number of rotatable bonds is 5. The maximum Gasteiger partial charge on any atom is 0.405 e. The zero-order chi connectivity index (χ0) is 32.4. The van der Waals surface area contributed by atoms with Gasteiger partial charge in [0.05, 0.1) is 17.9 Å². The molecule has 43 heavy (non-hydrogen) atoms. The lowest BCUT2D eigenvalue weighted by molar-refractivity contribution is -0.120. The van der Waals surface area contributed by atoms with Crippen molar-refractivity contribution in [2.24, 2.45) is 23.3 Å². The van der Waals surface area contributed by atoms with Crippen molar-refractivity contribution in [2.75, 3.05) is 21.3 Å². The normalized spacial score (nSPS) is 32.6. The quantitative estimate of drug-likeness (QED) is 0.309. The van der Waals surface area contributed by atoms with E-state index in [1.807, 2.05) is 13.0 Å². The smallest absolute Gasteiger partial charge is 0.405 e. The SMILES string of the molecule is CO[C@H]1[C@@H](OC)C[C@H](C)[C@@H](OC(N)=O)C2=CC(=O)C=C(NC(=O)/C(C)=C/C=C\[C@H](OC)[C@@H](OC(N)=O)/C(C)=C/[C@@H]1C)C2=O. The molecule has 0 aromatic carbocycles. The minimum Gasteiger partial charge on any atom is -0.441 e. The van der Waals surface area contributed by atoms with E-state index in [0.29, 0.717) is 5.57 Å². The number of ether oxygens (including phenoxy) is 5. The summed E-state index contributed by atoms with van der Waals surface area (Å²) in [5, 5.41) is 2.46. The van der Waals surface area contributed by atoms with Crippen LogP contribution in [0, 0.1) is 11.8 Å². The van der Waals surface area contributed by atoms with Crippen LogP contribution in [0.2, 0.25) is 0 Å². The summed E-state index contributed by atoms with van der Waals surface area (Å²) in [6.07, 6.45) is 2.35. The van der Waals surface area contributed by atoms with E-state index in [9.17, 15) is 24.0 Å². The lowest BCUT2D eigenvalue weighted by atomic mass is 9.84. The highest BCUT2D eigenvalue weighted by atomic mass is 16.6. The second-order valence-electron chi connectivity index (χ2n) is 10.5. The Bertz CT molecular complexity index is 1250. The maximum absolute atomic E-state index is 13.5. The van der Waals surface area contributed by atoms with Gasteiger partial charge in [0.2, 0.25) is 5.78 Å². The van der Waals surface area contributed by atoms with Crippen molar-refractivity contribution in [1.29, 1.82) is 0 Å². The monoisotopic (exact) mass is 603 g/mol. The van der Waals surface area contributed by atoms with Crippen LogP contribution in [0.15, 0.2) is 58.9 Å². The number of carbonyl (C=O) groups excluding carboxylic acids is 5. The summed E-state index contributed by atoms with van der Waals surface area (Å²) in [7, 11) is 4.42. The summed E-state index contributed by atoms with van der Waals surface area (Å²) < 4.78 is 27.9. The molecule has 0 radical (unpaired) electrons. The van der Waals surface area contributed by atoms with Crippen LogP contribution in [0.25, 0.3) is 0 Å². The molecule has 0 saturated heterocycles. The second kappa shape index (κ2) is 16.0. The first-order valence-corrected chi connectivity index (χ1v) is 13.6. The van der Waals surface area contributed by atoms with Gasteiger partial charge < -0.3 is 40.5 Å². The van der Waals surface area contributed by atoms with Crippen LogP contribution in [0.3, 0.4) is 0 Å². The molecule has 236 valence electrons. The van der Waals surface area contributed by atoms with Gasteiger partial charge in [0.25, 0.3) is 5.91 Å². The molecular formula is C30H41N3O10. The topological polar surface area (TPSA) is 196 Å². The Morgan fingerprint density at radius 2 is 1.53 bits per heavy atom. The van der Waals surface area contributed by atoms with Gasteiger partial charge in [-0.1, -0.05) is 38.2 Å². The fourth-order valence-corrected chi connectivity index (χ4v) is 5.16. The van der Waals surface area contributed by atoms with E-state index in [2.05, 4.69) is 5.32 Å². The molecule has 7 atom stereocenters. The van der Waals surface area contributed by atoms with E-state index < -0.39 is 66.1 Å². The van der Waals surface area contributed by atoms with Gasteiger partial charge in [0.15, 0.2) is 11.9 Å². The molecule has 2 rings (SSSR count). The number of fused-ring (bicyclic) bond motifs is 2. The van der Waals surface area contributed by atoms with E-state index >= 15 is 0 Å². The summed E-state index contributed by atoms with van der Waals surface area (Å²) in [6, 6.07) is 0. The number of hydrogen-bond acceptors (Lipinski definition) is 10. The molecule has 0 saturated carbocycles. The largest absolute Gasteiger partial charge is 0.441 e. The Morgan fingerprint density at radius 3 is 2.09 bits per heavy atom. The van der Waals surface area contributed by atoms with E-state index in [4.69, 9.17) is 35.2 Å². The van der Waals surface area contributed by atoms with Gasteiger partial charge in [-0.15, -0.1) is 0 Å². The molecule has 0 aromatic heterocycles. The summed E-state index contributed by atoms with van der Waals surface area (Å²) in [6.45, 7) is 6.82. The maximum atomic E-state index is 13.5. The first-order chi connectivity index (χ1) is 20.2. The Morgan fingerprint density at radius 1 is 0.907 bits per heavy atom. The van der Waals surface area contributed by atoms with E-state index in [-0.39, 0.29) is 29.2 Å². The summed E-state index contributed by atoms with van der Waals surface area (Å²) in [5.74, 6) is -2.89. The predicted molar refractivity (Wildman–Crippen MR) is 155 cm³/mol. The number of primary amides is 2. The first-order valence-electron chi connectivity index (χ1n) is 13.6. The Labute approximate surface area is 250 Å². The molecule has 2 bridgehead atoms. The number of ketones is 2. The third-order valence-electron chi connectivity index (χ3n) is 7.26. The number of amides is 3. The molecule has 13 heteroatoms. The molecule has 0 spiro atoms. The second-order valence-corrected chi connectivity index (χ2v) is 10.5. The van der Waals surface area contributed by atoms with E-state index in [0.717, 1.165) is 12.2 Å². The highest BCUT2D eigenvalue weighted by Gasteiger charge is 2.38. The van der Waals surface area contributed by atoms with Crippen molar-refractivity contribution < 1.29 is 47.7 Å². The Balaban J connectivity index is 2.71. The zero-order valence-corrected chi connectivity index (χ0v) is 25.4. The molecule has 0 aromatic rings. The Kier molecular flexibility index (Phi) is 13.0. The minimum atomic E-state index is -1.24. The molecular weight excluding hydrogens is 562 g/mol. The van der Waals surface area contributed by atoms with Gasteiger partial charge in [-0.3, -0.25) is 14.4 Å². The fraction of sp³-hybridized carbons (Fsp3) is 0.500. The van der Waals surface area contributed by atoms with Crippen molar-refractivity contribution in [3.63, 3.8) is 0 Å². The molecule has 1 heterocycles. The molecule has 1 aliphatic carbocycles. The number of nitrogens with two attached hydrogens (primary N) is 2. The van der Waals surface area contributed by atoms with Crippen molar-refractivity contribution >= 4 is 29.7 Å². The Hall–Kier alpha value is -4.07. The number of carbonyl (C=O) groups is 5. The molecule has 1 aliphatic heterocycles. The number of hydrogen-bond donors (Lipinski definition) is 3. The number of allylic oxidation sites excluding steroid dienone is 5. The lowest BCUT2D eigenvalue weighted by Gasteiger charge is -2.34. The van der Waals surface area contributed by atoms with E-state index in [1.165, 1.54) is 40.4 Å². The van der Waals surface area contributed by atoms with Crippen molar-refractivity contribution in [3.8, 4) is 0 Å². The highest BCUT2D eigenvalue weighted by molar-refractivity contribution is 6.22. The van der Waals surface area contributed by atoms with Crippen LogP contribution in [-0.4, -0.2) is 81.5 Å². The summed E-state index contributed by atoms with van der Waals surface area (Å²) in [5.41, 5.74) is 11.1. The summed E-state index contributed by atoms with van der Waals surface area (Å²) >= 11 is 0. The highest BCUT2D eigenvalue weighted by Crippen LogP contribution is 2.30. The number of Topliss-reactive ketones (excluding diaryl/α,β-unsaturated/α-hetero) is 1. The van der Waals surface area contributed by atoms with Gasteiger partial charge in [0, 0.05) is 50.4 Å². The molecule has 5 N–H and O–H groups in total. The van der Waals surface area contributed by atoms with Crippen LogP contribution < -0.4 is 16.8 Å². The zero-order valence-electron chi connectivity index (χ0n) is 25.4. The first kappa shape index (κ1) is 35.1. The van der Waals surface area contributed by atoms with Gasteiger partial charge in [0.1, 0.15) is 12.2 Å². The molecule has 13 nitrogen and oxygen atoms in total. The van der Waals surface area contributed by atoms with Crippen LogP contribution in [0.4, 0.5) is 9.59 Å². The van der Waals surface area contributed by atoms with Gasteiger partial charge in [-0.2, -0.15) is 0 Å². The number of methoxy groups -OCH3 is 3. The molecule has 0 unspecified atom stereocenters. The van der Waals surface area contributed by atoms with Crippen LogP contribution in [0.5, 0.6) is 0 Å². The van der Waals surface area contributed by atoms with Gasteiger partial charge in [-0.05, 0) is 31.9 Å². The molecule has 0 fully saturated rings. The van der Waals surface area contributed by atoms with Gasteiger partial charge >= 0.3 is 12.2 Å². The minimum absolute atomic E-state index is 0.143. The molecule has 3 amide bonds. The van der Waals surface area contributed by atoms with Crippen LogP contribution >= 0.6 is 0 Å². The van der Waals surface area contributed by atoms with Crippen LogP contribution in [-0.2, 0) is 38.1 Å². The average Bonchev–Trinajstić information content (AvgIpc) is 2.93. The van der Waals surface area contributed by atoms with Crippen molar-refractivity contribution in [1.82, 2.24) is 5.32 Å². The van der Waals surface area contributed by atoms with Crippen molar-refractivity contribution in [3.05, 3.63) is 58.9 Å². The number of nitrogens with one attached hydrogen (secondary N) is 1. The average molecular weight is 604 g/mol.